The Morgan fingerprint density at radius 2 is 1.89 bits per heavy atom. The molecule has 0 aromatic heterocycles. The van der Waals surface area contributed by atoms with E-state index in [0.29, 0.717) is 10.8 Å². The molecular weight excluding hydrogens is 242 g/mol. The molecule has 1 unspecified atom stereocenters. The number of rotatable bonds is 5. The van der Waals surface area contributed by atoms with E-state index >= 15 is 0 Å². The van der Waals surface area contributed by atoms with E-state index in [1.807, 2.05) is 0 Å². The van der Waals surface area contributed by atoms with Crippen molar-refractivity contribution in [2.75, 3.05) is 39.0 Å². The van der Waals surface area contributed by atoms with Crippen LogP contribution in [0.5, 0.6) is 0 Å². The molecule has 18 heavy (non-hydrogen) atoms. The standard InChI is InChI=1S/C14H27N3S/c1-18-14(5-2-6-14)13(11-15)17-9-7-16(8-10-17)12-3-4-12/h12-13H,2-11,15H2,1H3. The Labute approximate surface area is 115 Å². The lowest BCUT2D eigenvalue weighted by atomic mass is 9.77. The number of hydrogen-bond donors (Lipinski definition) is 1. The summed E-state index contributed by atoms with van der Waals surface area (Å²) < 4.78 is 0.483. The highest BCUT2D eigenvalue weighted by atomic mass is 32.2. The topological polar surface area (TPSA) is 32.5 Å². The normalized spacial score (nSPS) is 31.0. The van der Waals surface area contributed by atoms with Crippen molar-refractivity contribution in [3.8, 4) is 0 Å². The molecule has 104 valence electrons. The van der Waals surface area contributed by atoms with Crippen LogP contribution in [0.25, 0.3) is 0 Å². The number of thioether (sulfide) groups is 1. The van der Waals surface area contributed by atoms with Gasteiger partial charge in [-0.25, -0.2) is 0 Å². The molecule has 3 rings (SSSR count). The first-order chi connectivity index (χ1) is 8.79. The van der Waals surface area contributed by atoms with Crippen molar-refractivity contribution in [3.05, 3.63) is 0 Å². The van der Waals surface area contributed by atoms with Crippen molar-refractivity contribution in [2.45, 2.75) is 48.9 Å². The van der Waals surface area contributed by atoms with Gasteiger partial charge in [-0.3, -0.25) is 9.80 Å². The van der Waals surface area contributed by atoms with Gasteiger partial charge >= 0.3 is 0 Å². The van der Waals surface area contributed by atoms with Gasteiger partial charge in [0.2, 0.25) is 0 Å². The molecule has 0 radical (unpaired) electrons. The summed E-state index contributed by atoms with van der Waals surface area (Å²) in [6.07, 6.45) is 9.31. The van der Waals surface area contributed by atoms with Crippen LogP contribution in [-0.2, 0) is 0 Å². The third kappa shape index (κ3) is 2.33. The minimum atomic E-state index is 0.483. The minimum absolute atomic E-state index is 0.483. The van der Waals surface area contributed by atoms with Gasteiger partial charge < -0.3 is 5.73 Å². The average molecular weight is 269 g/mol. The van der Waals surface area contributed by atoms with Gasteiger partial charge in [0.15, 0.2) is 0 Å². The van der Waals surface area contributed by atoms with Crippen molar-refractivity contribution in [1.82, 2.24) is 9.80 Å². The van der Waals surface area contributed by atoms with E-state index in [1.165, 1.54) is 58.3 Å². The maximum atomic E-state index is 6.11. The molecule has 2 saturated carbocycles. The molecule has 2 N–H and O–H groups in total. The van der Waals surface area contributed by atoms with E-state index in [1.54, 1.807) is 0 Å². The smallest absolute Gasteiger partial charge is 0.0366 e. The van der Waals surface area contributed by atoms with E-state index in [2.05, 4.69) is 27.8 Å². The van der Waals surface area contributed by atoms with Gasteiger partial charge in [-0.1, -0.05) is 6.42 Å². The summed E-state index contributed by atoms with van der Waals surface area (Å²) in [6, 6.07) is 1.55. The molecule has 1 saturated heterocycles. The van der Waals surface area contributed by atoms with Crippen LogP contribution >= 0.6 is 11.8 Å². The summed E-state index contributed by atoms with van der Waals surface area (Å²) in [4.78, 5) is 5.38. The number of nitrogens with two attached hydrogens (primary N) is 1. The Morgan fingerprint density at radius 1 is 1.22 bits per heavy atom. The largest absolute Gasteiger partial charge is 0.329 e. The lowest BCUT2D eigenvalue weighted by molar-refractivity contribution is 0.0606. The van der Waals surface area contributed by atoms with Crippen molar-refractivity contribution in [2.24, 2.45) is 5.73 Å². The van der Waals surface area contributed by atoms with Crippen molar-refractivity contribution >= 4 is 11.8 Å². The van der Waals surface area contributed by atoms with Gasteiger partial charge in [0.1, 0.15) is 0 Å². The molecule has 1 heterocycles. The zero-order valence-corrected chi connectivity index (χ0v) is 12.4. The van der Waals surface area contributed by atoms with Gasteiger partial charge in [0, 0.05) is 49.6 Å². The Bertz CT molecular complexity index is 275. The molecule has 0 amide bonds. The van der Waals surface area contributed by atoms with Crippen LogP contribution in [0, 0.1) is 0 Å². The fourth-order valence-electron chi connectivity index (χ4n) is 3.75. The van der Waals surface area contributed by atoms with Crippen LogP contribution in [0.3, 0.4) is 0 Å². The van der Waals surface area contributed by atoms with Crippen LogP contribution in [0.4, 0.5) is 0 Å². The second kappa shape index (κ2) is 5.31. The highest BCUT2D eigenvalue weighted by molar-refractivity contribution is 8.00. The SMILES string of the molecule is CSC1(C(CN)N2CCN(C3CC3)CC2)CCC1. The first-order valence-corrected chi connectivity index (χ1v) is 8.75. The number of hydrogen-bond acceptors (Lipinski definition) is 4. The fraction of sp³-hybridized carbons (Fsp3) is 1.00. The summed E-state index contributed by atoms with van der Waals surface area (Å²) in [5.74, 6) is 0. The Kier molecular flexibility index (Phi) is 3.90. The van der Waals surface area contributed by atoms with Crippen LogP contribution in [0.15, 0.2) is 0 Å². The number of nitrogens with zero attached hydrogens (tertiary/aromatic N) is 2. The zero-order chi connectivity index (χ0) is 12.6. The lowest BCUT2D eigenvalue weighted by Crippen LogP contribution is -2.62. The summed E-state index contributed by atoms with van der Waals surface area (Å²) in [5.41, 5.74) is 6.11. The molecule has 3 fully saturated rings. The molecule has 1 aliphatic heterocycles. The Balaban J connectivity index is 1.59. The maximum Gasteiger partial charge on any atom is 0.0366 e. The van der Waals surface area contributed by atoms with E-state index in [0.717, 1.165) is 12.6 Å². The summed E-state index contributed by atoms with van der Waals surface area (Å²) in [5, 5.41) is 0. The molecule has 4 heteroatoms. The fourth-order valence-corrected chi connectivity index (χ4v) is 4.96. The third-order valence-corrected chi connectivity index (χ3v) is 6.78. The highest BCUT2D eigenvalue weighted by Crippen LogP contribution is 2.47. The first kappa shape index (κ1) is 13.2. The van der Waals surface area contributed by atoms with Crippen molar-refractivity contribution in [3.63, 3.8) is 0 Å². The van der Waals surface area contributed by atoms with Crippen LogP contribution in [0.1, 0.15) is 32.1 Å². The van der Waals surface area contributed by atoms with Gasteiger partial charge in [-0.05, 0) is 31.9 Å². The van der Waals surface area contributed by atoms with Crippen LogP contribution in [0.2, 0.25) is 0 Å². The second-order valence-electron chi connectivity index (χ2n) is 6.18. The van der Waals surface area contributed by atoms with E-state index in [-0.39, 0.29) is 0 Å². The van der Waals surface area contributed by atoms with E-state index < -0.39 is 0 Å². The minimum Gasteiger partial charge on any atom is -0.329 e. The van der Waals surface area contributed by atoms with Crippen molar-refractivity contribution in [1.29, 1.82) is 0 Å². The van der Waals surface area contributed by atoms with E-state index in [9.17, 15) is 0 Å². The summed E-state index contributed by atoms with van der Waals surface area (Å²) >= 11 is 2.07. The molecule has 0 aromatic carbocycles. The molecule has 0 aromatic rings. The van der Waals surface area contributed by atoms with Crippen molar-refractivity contribution < 1.29 is 0 Å². The quantitative estimate of drug-likeness (QED) is 0.817. The zero-order valence-electron chi connectivity index (χ0n) is 11.6. The molecule has 0 spiro atoms. The molecule has 2 aliphatic carbocycles. The predicted octanol–water partition coefficient (Wildman–Crippen LogP) is 1.38. The lowest BCUT2D eigenvalue weighted by Gasteiger charge is -2.52. The number of piperazine rings is 1. The summed E-state index contributed by atoms with van der Waals surface area (Å²) in [7, 11) is 0. The van der Waals surface area contributed by atoms with E-state index in [4.69, 9.17) is 5.73 Å². The van der Waals surface area contributed by atoms with Gasteiger partial charge in [0.05, 0.1) is 0 Å². The predicted molar refractivity (Wildman–Crippen MR) is 79.1 cm³/mol. The third-order valence-electron chi connectivity index (χ3n) is 5.29. The summed E-state index contributed by atoms with van der Waals surface area (Å²) in [6.45, 7) is 5.85. The van der Waals surface area contributed by atoms with Crippen LogP contribution < -0.4 is 5.73 Å². The first-order valence-electron chi connectivity index (χ1n) is 7.52. The molecule has 0 bridgehead atoms. The Morgan fingerprint density at radius 3 is 2.28 bits per heavy atom. The van der Waals surface area contributed by atoms with Crippen LogP contribution in [-0.4, -0.2) is 65.6 Å². The molecule has 3 nitrogen and oxygen atoms in total. The van der Waals surface area contributed by atoms with Gasteiger partial charge in [0.25, 0.3) is 0 Å². The monoisotopic (exact) mass is 269 g/mol. The average Bonchev–Trinajstić information content (AvgIpc) is 3.18. The molecule has 1 atom stereocenters. The van der Waals surface area contributed by atoms with Gasteiger partial charge in [-0.15, -0.1) is 0 Å². The Hall–Kier alpha value is 0.230. The molecule has 3 aliphatic rings. The highest BCUT2D eigenvalue weighted by Gasteiger charge is 2.46. The maximum absolute atomic E-state index is 6.11. The molecular formula is C14H27N3S. The van der Waals surface area contributed by atoms with Gasteiger partial charge in [-0.2, -0.15) is 11.8 Å². The second-order valence-corrected chi connectivity index (χ2v) is 7.40.